The zero-order valence-corrected chi connectivity index (χ0v) is 17.5. The maximum absolute atomic E-state index is 12.7. The molecule has 0 unspecified atom stereocenters. The van der Waals surface area contributed by atoms with Crippen LogP contribution in [0.25, 0.3) is 32.9 Å². The van der Waals surface area contributed by atoms with Crippen LogP contribution in [0.1, 0.15) is 27.7 Å². The number of fused-ring (bicyclic) bond motifs is 4. The summed E-state index contributed by atoms with van der Waals surface area (Å²) in [4.78, 5) is 14.9. The highest BCUT2D eigenvalue weighted by atomic mass is 16.4. The Morgan fingerprint density at radius 2 is 1.59 bits per heavy atom. The molecule has 0 saturated carbocycles. The summed E-state index contributed by atoms with van der Waals surface area (Å²) in [6.45, 7) is 12.1. The van der Waals surface area contributed by atoms with Gasteiger partial charge in [-0.3, -0.25) is 0 Å². The molecular weight excluding hydrogens is 364 g/mol. The minimum atomic E-state index is -0.373. The molecule has 29 heavy (non-hydrogen) atoms. The molecule has 0 bridgehead atoms. The number of anilines is 1. The highest BCUT2D eigenvalue weighted by Gasteiger charge is 2.14. The Morgan fingerprint density at radius 3 is 2.28 bits per heavy atom. The normalized spacial score (nSPS) is 11.4. The van der Waals surface area contributed by atoms with E-state index in [4.69, 9.17) is 8.83 Å². The van der Waals surface area contributed by atoms with Crippen molar-refractivity contribution < 1.29 is 8.83 Å². The van der Waals surface area contributed by atoms with Crippen LogP contribution in [0.2, 0.25) is 0 Å². The first-order valence-corrected chi connectivity index (χ1v) is 10.4. The Balaban J connectivity index is 2.03. The van der Waals surface area contributed by atoms with Crippen molar-refractivity contribution in [2.75, 3.05) is 31.1 Å². The van der Waals surface area contributed by atoms with Gasteiger partial charge in [0.25, 0.3) is 0 Å². The molecule has 0 aliphatic carbocycles. The monoisotopic (exact) mass is 391 g/mol. The van der Waals surface area contributed by atoms with Crippen molar-refractivity contribution in [3.8, 4) is 0 Å². The second-order valence-electron chi connectivity index (χ2n) is 7.13. The Labute approximate surface area is 169 Å². The van der Waals surface area contributed by atoms with Crippen molar-refractivity contribution in [2.24, 2.45) is 0 Å². The molecule has 0 aliphatic rings. The van der Waals surface area contributed by atoms with Gasteiger partial charge in [0.05, 0.1) is 11.5 Å². The average molecular weight is 391 g/mol. The fourth-order valence-electron chi connectivity index (χ4n) is 3.98. The summed E-state index contributed by atoms with van der Waals surface area (Å²) in [5.74, 6) is 0. The molecule has 0 spiro atoms. The third kappa shape index (κ3) is 3.31. The van der Waals surface area contributed by atoms with Gasteiger partial charge >= 0.3 is 5.63 Å². The van der Waals surface area contributed by atoms with Crippen LogP contribution in [0.3, 0.4) is 0 Å². The van der Waals surface area contributed by atoms with E-state index in [1.54, 1.807) is 0 Å². The SMILES string of the molecule is CCN(CC)c1ccc2cc3c(=O)oc4cc(=[N+](CC)CC)ccc4c3oc2c1. The van der Waals surface area contributed by atoms with Crippen LogP contribution in [-0.4, -0.2) is 26.2 Å². The van der Waals surface area contributed by atoms with Crippen molar-refractivity contribution in [3.63, 3.8) is 0 Å². The van der Waals surface area contributed by atoms with Gasteiger partial charge in [-0.15, -0.1) is 0 Å². The molecular formula is C24H27N2O3+. The summed E-state index contributed by atoms with van der Waals surface area (Å²) in [6.07, 6.45) is 0. The van der Waals surface area contributed by atoms with Gasteiger partial charge in [0, 0.05) is 36.3 Å². The zero-order chi connectivity index (χ0) is 20.5. The van der Waals surface area contributed by atoms with E-state index in [2.05, 4.69) is 49.3 Å². The Hall–Kier alpha value is -3.08. The van der Waals surface area contributed by atoms with Gasteiger partial charge in [-0.1, -0.05) is 0 Å². The standard InChI is InChI=1S/C24H27N2O3/c1-5-25(6-2)17-10-9-16-13-20-23(28-21(16)14-17)19-12-11-18(26(7-3)8-4)15-22(19)29-24(20)27/h9-15H,5-8H2,1-4H3/q+1. The van der Waals surface area contributed by atoms with Gasteiger partial charge in [-0.25, -0.2) is 9.37 Å². The highest BCUT2D eigenvalue weighted by molar-refractivity contribution is 6.03. The minimum absolute atomic E-state index is 0.373. The third-order valence-electron chi connectivity index (χ3n) is 5.64. The predicted molar refractivity (Wildman–Crippen MR) is 120 cm³/mol. The lowest BCUT2D eigenvalue weighted by atomic mass is 10.1. The van der Waals surface area contributed by atoms with E-state index >= 15 is 0 Å². The van der Waals surface area contributed by atoms with Crippen LogP contribution < -0.4 is 20.5 Å². The van der Waals surface area contributed by atoms with Crippen LogP contribution in [-0.2, 0) is 0 Å². The van der Waals surface area contributed by atoms with Gasteiger partial charge in [-0.2, -0.15) is 0 Å². The predicted octanol–water partition coefficient (Wildman–Crippen LogP) is 4.35. The summed E-state index contributed by atoms with van der Waals surface area (Å²) < 4.78 is 14.1. The second-order valence-corrected chi connectivity index (χ2v) is 7.13. The molecule has 4 aromatic rings. The fourth-order valence-corrected chi connectivity index (χ4v) is 3.98. The molecule has 0 fully saturated rings. The van der Waals surface area contributed by atoms with Gasteiger partial charge in [0.15, 0.2) is 5.58 Å². The van der Waals surface area contributed by atoms with E-state index in [0.29, 0.717) is 16.6 Å². The van der Waals surface area contributed by atoms with E-state index in [1.807, 2.05) is 30.3 Å². The number of benzene rings is 2. The van der Waals surface area contributed by atoms with Crippen LogP contribution in [0.5, 0.6) is 0 Å². The summed E-state index contributed by atoms with van der Waals surface area (Å²) in [5, 5.41) is 3.20. The van der Waals surface area contributed by atoms with Crippen LogP contribution in [0.15, 0.2) is 56.1 Å². The topological polar surface area (TPSA) is 49.6 Å². The number of nitrogens with zero attached hydrogens (tertiary/aromatic N) is 2. The average Bonchev–Trinajstić information content (AvgIpc) is 2.74. The Kier molecular flexibility index (Phi) is 5.14. The second kappa shape index (κ2) is 7.74. The van der Waals surface area contributed by atoms with E-state index < -0.39 is 0 Å². The molecule has 0 amide bonds. The molecule has 5 nitrogen and oxygen atoms in total. The first-order valence-electron chi connectivity index (χ1n) is 10.4. The van der Waals surface area contributed by atoms with E-state index in [1.165, 1.54) is 0 Å². The highest BCUT2D eigenvalue weighted by Crippen LogP contribution is 2.29. The quantitative estimate of drug-likeness (QED) is 0.220. The van der Waals surface area contributed by atoms with Gasteiger partial charge in [0.2, 0.25) is 5.36 Å². The first kappa shape index (κ1) is 19.2. The molecule has 0 N–H and O–H groups in total. The van der Waals surface area contributed by atoms with Gasteiger partial charge in [0.1, 0.15) is 29.6 Å². The molecule has 150 valence electrons. The van der Waals surface area contributed by atoms with Crippen LogP contribution >= 0.6 is 0 Å². The van der Waals surface area contributed by atoms with E-state index in [0.717, 1.165) is 53.6 Å². The largest absolute Gasteiger partial charge is 0.455 e. The van der Waals surface area contributed by atoms with Gasteiger partial charge in [-0.05, 0) is 52.0 Å². The van der Waals surface area contributed by atoms with E-state index in [-0.39, 0.29) is 5.63 Å². The summed E-state index contributed by atoms with van der Waals surface area (Å²) in [6, 6.07) is 13.9. The molecule has 4 rings (SSSR count). The Morgan fingerprint density at radius 1 is 0.828 bits per heavy atom. The lowest BCUT2D eigenvalue weighted by Gasteiger charge is -2.21. The smallest absolute Gasteiger partial charge is 0.347 e. The number of hydrogen-bond acceptors (Lipinski definition) is 4. The molecule has 2 aromatic heterocycles. The molecule has 0 radical (unpaired) electrons. The number of rotatable bonds is 5. The maximum atomic E-state index is 12.7. The van der Waals surface area contributed by atoms with Crippen molar-refractivity contribution >= 4 is 38.6 Å². The van der Waals surface area contributed by atoms with Crippen LogP contribution in [0, 0.1) is 0 Å². The molecule has 2 aromatic carbocycles. The lowest BCUT2D eigenvalue weighted by molar-refractivity contribution is 0.561. The summed E-state index contributed by atoms with van der Waals surface area (Å²) >= 11 is 0. The fraction of sp³-hybridized carbons (Fsp3) is 0.333. The number of hydrogen-bond donors (Lipinski definition) is 0. The van der Waals surface area contributed by atoms with Crippen molar-refractivity contribution in [1.29, 1.82) is 0 Å². The lowest BCUT2D eigenvalue weighted by Crippen LogP contribution is -2.29. The molecule has 0 aliphatic heterocycles. The van der Waals surface area contributed by atoms with E-state index in [9.17, 15) is 4.79 Å². The molecule has 0 atom stereocenters. The summed E-state index contributed by atoms with van der Waals surface area (Å²) in [5.41, 5.74) is 2.63. The first-order chi connectivity index (χ1) is 14.1. The van der Waals surface area contributed by atoms with Crippen molar-refractivity contribution in [2.45, 2.75) is 27.7 Å². The van der Waals surface area contributed by atoms with Crippen molar-refractivity contribution in [3.05, 3.63) is 58.2 Å². The zero-order valence-electron chi connectivity index (χ0n) is 17.5. The van der Waals surface area contributed by atoms with Gasteiger partial charge < -0.3 is 13.7 Å². The van der Waals surface area contributed by atoms with Crippen molar-refractivity contribution in [1.82, 2.24) is 4.58 Å². The minimum Gasteiger partial charge on any atom is -0.455 e. The molecule has 0 saturated heterocycles. The molecule has 5 heteroatoms. The molecule has 2 heterocycles. The van der Waals surface area contributed by atoms with Crippen LogP contribution in [0.4, 0.5) is 5.69 Å². The maximum Gasteiger partial charge on any atom is 0.347 e. The third-order valence-corrected chi connectivity index (χ3v) is 5.64. The Bertz CT molecular complexity index is 1320. The summed E-state index contributed by atoms with van der Waals surface area (Å²) in [7, 11) is 0.